The predicted molar refractivity (Wildman–Crippen MR) is 68.4 cm³/mol. The van der Waals surface area contributed by atoms with Crippen molar-refractivity contribution in [2.24, 2.45) is 34.6 Å². The molecule has 3 rings (SSSR count). The van der Waals surface area contributed by atoms with E-state index in [1.54, 1.807) is 24.3 Å². The standard InChI is InChI=1S/C14H12N2O3/c15-7-1-3-9-11(5-7)13(17)10-4-2-8(16-19)6-12(10)14(9)18/h1-6,9-12H,15H2. The minimum Gasteiger partial charge on any atom is -0.399 e. The highest BCUT2D eigenvalue weighted by Crippen LogP contribution is 2.40. The molecule has 0 radical (unpaired) electrons. The largest absolute Gasteiger partial charge is 0.399 e. The van der Waals surface area contributed by atoms with Crippen LogP contribution in [0.25, 0.3) is 0 Å². The van der Waals surface area contributed by atoms with Gasteiger partial charge in [-0.15, -0.1) is 4.91 Å². The van der Waals surface area contributed by atoms with Crippen molar-refractivity contribution in [2.45, 2.75) is 0 Å². The number of hydrogen-bond acceptors (Lipinski definition) is 5. The monoisotopic (exact) mass is 256 g/mol. The van der Waals surface area contributed by atoms with Crippen LogP contribution in [0.1, 0.15) is 0 Å². The molecule has 3 aliphatic rings. The third kappa shape index (κ3) is 1.69. The summed E-state index contributed by atoms with van der Waals surface area (Å²) in [7, 11) is 0. The van der Waals surface area contributed by atoms with Crippen molar-refractivity contribution in [3.8, 4) is 0 Å². The smallest absolute Gasteiger partial charge is 0.148 e. The molecule has 0 aromatic heterocycles. The molecule has 0 heterocycles. The van der Waals surface area contributed by atoms with E-state index in [0.29, 0.717) is 5.70 Å². The Bertz CT molecular complexity index is 598. The predicted octanol–water partition coefficient (Wildman–Crippen LogP) is 1.24. The summed E-state index contributed by atoms with van der Waals surface area (Å²) < 4.78 is 0. The summed E-state index contributed by atoms with van der Waals surface area (Å²) in [4.78, 5) is 35.4. The molecule has 4 atom stereocenters. The van der Waals surface area contributed by atoms with Gasteiger partial charge in [0, 0.05) is 17.5 Å². The topological polar surface area (TPSA) is 89.6 Å². The SMILES string of the molecule is NC1=CC2C(=O)C3C=CC(N=O)=CC3C(=O)C2C=C1. The van der Waals surface area contributed by atoms with Crippen LogP contribution in [-0.4, -0.2) is 11.6 Å². The van der Waals surface area contributed by atoms with Crippen molar-refractivity contribution < 1.29 is 9.59 Å². The molecule has 3 aliphatic carbocycles. The second-order valence-electron chi connectivity index (χ2n) is 4.98. The quantitative estimate of drug-likeness (QED) is 0.714. The number of ketones is 2. The molecule has 1 saturated carbocycles. The van der Waals surface area contributed by atoms with Crippen LogP contribution in [0, 0.1) is 28.6 Å². The molecule has 1 fully saturated rings. The molecule has 4 unspecified atom stereocenters. The third-order valence-electron chi connectivity index (χ3n) is 3.89. The van der Waals surface area contributed by atoms with Crippen molar-refractivity contribution in [1.29, 1.82) is 0 Å². The van der Waals surface area contributed by atoms with Crippen LogP contribution in [0.2, 0.25) is 0 Å². The second-order valence-corrected chi connectivity index (χ2v) is 4.98. The minimum absolute atomic E-state index is 0.0284. The lowest BCUT2D eigenvalue weighted by atomic mass is 9.64. The molecule has 0 aromatic rings. The van der Waals surface area contributed by atoms with Crippen LogP contribution in [0.15, 0.2) is 53.0 Å². The summed E-state index contributed by atoms with van der Waals surface area (Å²) in [6.45, 7) is 0. The van der Waals surface area contributed by atoms with Crippen molar-refractivity contribution in [3.05, 3.63) is 52.8 Å². The number of nitroso groups, excluding NO2 is 1. The molecule has 0 aromatic carbocycles. The van der Waals surface area contributed by atoms with Crippen LogP contribution >= 0.6 is 0 Å². The van der Waals surface area contributed by atoms with Crippen molar-refractivity contribution >= 4 is 11.6 Å². The normalized spacial score (nSPS) is 36.2. The lowest BCUT2D eigenvalue weighted by molar-refractivity contribution is -0.140. The first-order valence-corrected chi connectivity index (χ1v) is 6.08. The molecule has 0 aliphatic heterocycles. The van der Waals surface area contributed by atoms with Gasteiger partial charge in [0.1, 0.15) is 17.3 Å². The molecule has 19 heavy (non-hydrogen) atoms. The van der Waals surface area contributed by atoms with Crippen LogP contribution in [0.4, 0.5) is 0 Å². The van der Waals surface area contributed by atoms with Crippen molar-refractivity contribution in [3.63, 3.8) is 0 Å². The number of carbonyl (C=O) groups excluding carboxylic acids is 2. The average molecular weight is 256 g/mol. The van der Waals surface area contributed by atoms with Gasteiger partial charge in [0.25, 0.3) is 0 Å². The van der Waals surface area contributed by atoms with E-state index in [2.05, 4.69) is 5.18 Å². The molecule has 0 amide bonds. The summed E-state index contributed by atoms with van der Waals surface area (Å²) >= 11 is 0. The van der Waals surface area contributed by atoms with E-state index < -0.39 is 23.7 Å². The maximum absolute atomic E-state index is 12.4. The first-order chi connectivity index (χ1) is 9.11. The Morgan fingerprint density at radius 3 is 2.11 bits per heavy atom. The van der Waals surface area contributed by atoms with E-state index in [0.717, 1.165) is 0 Å². The number of nitrogens with zero attached hydrogens (tertiary/aromatic N) is 1. The van der Waals surface area contributed by atoms with Crippen LogP contribution in [-0.2, 0) is 9.59 Å². The third-order valence-corrected chi connectivity index (χ3v) is 3.89. The number of fused-ring (bicyclic) bond motifs is 2. The number of rotatable bonds is 1. The Morgan fingerprint density at radius 2 is 1.47 bits per heavy atom. The Balaban J connectivity index is 2.02. The molecule has 2 N–H and O–H groups in total. The maximum Gasteiger partial charge on any atom is 0.148 e. The summed E-state index contributed by atoms with van der Waals surface area (Å²) in [6, 6.07) is 0. The van der Waals surface area contributed by atoms with Gasteiger partial charge < -0.3 is 5.73 Å². The van der Waals surface area contributed by atoms with Gasteiger partial charge in [-0.05, 0) is 29.5 Å². The van der Waals surface area contributed by atoms with Gasteiger partial charge in [-0.1, -0.05) is 12.2 Å². The molecule has 0 saturated heterocycles. The number of hydrogen-bond donors (Lipinski definition) is 1. The zero-order valence-corrected chi connectivity index (χ0v) is 10.0. The molecule has 5 heteroatoms. The maximum atomic E-state index is 12.4. The Labute approximate surface area is 109 Å². The van der Waals surface area contributed by atoms with E-state index >= 15 is 0 Å². The summed E-state index contributed by atoms with van der Waals surface area (Å²) in [6.07, 6.45) is 9.55. The Hall–Kier alpha value is -2.30. The zero-order valence-electron chi connectivity index (χ0n) is 10.0. The minimum atomic E-state index is -0.580. The zero-order chi connectivity index (χ0) is 13.6. The molecular formula is C14H12N2O3. The first-order valence-electron chi connectivity index (χ1n) is 6.08. The van der Waals surface area contributed by atoms with Gasteiger partial charge in [0.15, 0.2) is 0 Å². The van der Waals surface area contributed by atoms with E-state index in [4.69, 9.17) is 5.73 Å². The highest BCUT2D eigenvalue weighted by Gasteiger charge is 2.47. The van der Waals surface area contributed by atoms with Crippen molar-refractivity contribution in [2.75, 3.05) is 0 Å². The van der Waals surface area contributed by atoms with E-state index in [1.165, 1.54) is 12.2 Å². The van der Waals surface area contributed by atoms with Crippen LogP contribution in [0.3, 0.4) is 0 Å². The molecule has 0 spiro atoms. The first kappa shape index (κ1) is 11.8. The number of allylic oxidation sites excluding steroid dienone is 6. The lowest BCUT2D eigenvalue weighted by Gasteiger charge is -2.36. The molecule has 0 bridgehead atoms. The van der Waals surface area contributed by atoms with Gasteiger partial charge in [-0.25, -0.2) is 0 Å². The average Bonchev–Trinajstić information content (AvgIpc) is 2.44. The number of carbonyl (C=O) groups is 2. The van der Waals surface area contributed by atoms with Gasteiger partial charge in [-0.3, -0.25) is 9.59 Å². The summed E-state index contributed by atoms with van der Waals surface area (Å²) in [5, 5.41) is 2.82. The summed E-state index contributed by atoms with van der Waals surface area (Å²) in [5.74, 6) is -2.13. The molecule has 5 nitrogen and oxygen atoms in total. The van der Waals surface area contributed by atoms with Gasteiger partial charge in [0.2, 0.25) is 0 Å². The molecular weight excluding hydrogens is 244 g/mol. The molecule has 96 valence electrons. The number of Topliss-reactive ketones (excluding diaryl/α,β-unsaturated/α-hetero) is 2. The van der Waals surface area contributed by atoms with E-state index in [-0.39, 0.29) is 17.3 Å². The highest BCUT2D eigenvalue weighted by molar-refractivity contribution is 6.04. The van der Waals surface area contributed by atoms with Crippen LogP contribution in [0.5, 0.6) is 0 Å². The lowest BCUT2D eigenvalue weighted by Crippen LogP contribution is -2.46. The number of nitrogens with two attached hydrogens (primary N) is 1. The van der Waals surface area contributed by atoms with Gasteiger partial charge in [-0.2, -0.15) is 0 Å². The Kier molecular flexibility index (Phi) is 2.55. The van der Waals surface area contributed by atoms with Crippen molar-refractivity contribution in [1.82, 2.24) is 0 Å². The second kappa shape index (κ2) is 4.12. The Morgan fingerprint density at radius 1 is 0.895 bits per heavy atom. The fourth-order valence-corrected chi connectivity index (χ4v) is 2.93. The van der Waals surface area contributed by atoms with Crippen LogP contribution < -0.4 is 5.73 Å². The van der Waals surface area contributed by atoms with Gasteiger partial charge in [0.05, 0.1) is 11.8 Å². The summed E-state index contributed by atoms with van der Waals surface area (Å²) in [5.41, 5.74) is 6.40. The van der Waals surface area contributed by atoms with E-state index in [9.17, 15) is 14.5 Å². The van der Waals surface area contributed by atoms with Gasteiger partial charge >= 0.3 is 0 Å². The fourth-order valence-electron chi connectivity index (χ4n) is 2.93. The van der Waals surface area contributed by atoms with E-state index in [1.807, 2.05) is 0 Å². The highest BCUT2D eigenvalue weighted by atomic mass is 16.3. The fraction of sp³-hybridized carbons (Fsp3) is 0.286.